The maximum atomic E-state index is 5.44. The summed E-state index contributed by atoms with van der Waals surface area (Å²) in [7, 11) is 0. The number of nitrogens with zero attached hydrogens (tertiary/aromatic N) is 10. The van der Waals surface area contributed by atoms with Crippen LogP contribution in [0, 0.1) is 0 Å². The number of para-hydroxylation sites is 4. The van der Waals surface area contributed by atoms with Gasteiger partial charge < -0.3 is 18.3 Å². The summed E-state index contributed by atoms with van der Waals surface area (Å²) in [5.41, 5.74) is 23.5. The Bertz CT molecular complexity index is 8550. The Morgan fingerprint density at radius 2 is 0.533 bits per heavy atom. The lowest BCUT2D eigenvalue weighted by Gasteiger charge is -2.15. The maximum Gasteiger partial charge on any atom is 0.164 e. The molecule has 0 fully saturated rings. The third kappa shape index (κ3) is 11.0. The summed E-state index contributed by atoms with van der Waals surface area (Å²) in [4.78, 5) is 31.2. The van der Waals surface area contributed by atoms with Crippen LogP contribution < -0.4 is 0 Å². The Morgan fingerprint density at radius 3 is 1.15 bits per heavy atom. The van der Waals surface area contributed by atoms with Gasteiger partial charge in [0, 0.05) is 110 Å². The molecule has 6 aromatic heterocycles. The van der Waals surface area contributed by atoms with Crippen molar-refractivity contribution < 1.29 is 0 Å². The van der Waals surface area contributed by atoms with Crippen LogP contribution in [0.1, 0.15) is 0 Å². The highest BCUT2D eigenvalue weighted by Crippen LogP contribution is 2.48. The van der Waals surface area contributed by atoms with Gasteiger partial charge in [-0.25, -0.2) is 29.9 Å². The van der Waals surface area contributed by atoms with Crippen LogP contribution in [0.2, 0.25) is 0 Å². The largest absolute Gasteiger partial charge is 0.309 e. The molecule has 0 saturated heterocycles. The van der Waals surface area contributed by atoms with E-state index in [1.54, 1.807) is 0 Å². The summed E-state index contributed by atoms with van der Waals surface area (Å²) in [5, 5.41) is 18.7. The second-order valence-electron chi connectivity index (χ2n) is 31.7. The van der Waals surface area contributed by atoms with Crippen molar-refractivity contribution in [3.63, 3.8) is 0 Å². The number of hydrogen-bond acceptors (Lipinski definition) is 6. The normalized spacial score (nSPS) is 11.9. The number of fused-ring (bicyclic) bond motifs is 18. The topological polar surface area (TPSA) is 97.1 Å². The van der Waals surface area contributed by atoms with E-state index >= 15 is 0 Å². The molecule has 566 valence electrons. The van der Waals surface area contributed by atoms with Gasteiger partial charge in [0.05, 0.1) is 49.8 Å². The quantitative estimate of drug-likeness (QED) is 0.121. The van der Waals surface area contributed by atoms with Gasteiger partial charge in [-0.3, -0.25) is 0 Å². The van der Waals surface area contributed by atoms with Crippen LogP contribution in [0.3, 0.4) is 0 Å². The average molecular weight is 1550 g/mol. The zero-order chi connectivity index (χ0) is 80.0. The van der Waals surface area contributed by atoms with Crippen LogP contribution in [-0.4, -0.2) is 48.2 Å². The van der Waals surface area contributed by atoms with Gasteiger partial charge >= 0.3 is 0 Å². The van der Waals surface area contributed by atoms with Gasteiger partial charge in [0.25, 0.3) is 0 Å². The zero-order valence-corrected chi connectivity index (χ0v) is 65.7. The second-order valence-corrected chi connectivity index (χ2v) is 31.7. The van der Waals surface area contributed by atoms with Gasteiger partial charge in [-0.1, -0.05) is 315 Å². The molecule has 6 heterocycles. The van der Waals surface area contributed by atoms with Crippen molar-refractivity contribution in [3.8, 4) is 113 Å². The maximum absolute atomic E-state index is 5.44. The molecule has 0 atom stereocenters. The van der Waals surface area contributed by atoms with Crippen molar-refractivity contribution in [1.29, 1.82) is 0 Å². The van der Waals surface area contributed by atoms with Crippen molar-refractivity contribution in [2.45, 2.75) is 0 Å². The lowest BCUT2D eigenvalue weighted by atomic mass is 9.94. The van der Waals surface area contributed by atoms with Gasteiger partial charge in [-0.15, -0.1) is 0 Å². The molecule has 0 N–H and O–H groups in total. The Hall–Kier alpha value is -16.6. The summed E-state index contributed by atoms with van der Waals surface area (Å²) >= 11 is 0. The van der Waals surface area contributed by atoms with E-state index in [0.717, 1.165) is 139 Å². The van der Waals surface area contributed by atoms with Gasteiger partial charge in [0.2, 0.25) is 0 Å². The fourth-order valence-electron chi connectivity index (χ4n) is 19.2. The van der Waals surface area contributed by atoms with Crippen molar-refractivity contribution >= 4 is 130 Å². The van der Waals surface area contributed by atoms with E-state index in [0.29, 0.717) is 34.9 Å². The summed E-state index contributed by atoms with van der Waals surface area (Å²) in [6.45, 7) is 0. The summed E-state index contributed by atoms with van der Waals surface area (Å²) in [6.07, 6.45) is 0. The Balaban J connectivity index is 0.572. The Morgan fingerprint density at radius 1 is 0.148 bits per heavy atom. The average Bonchev–Trinajstić information content (AvgIpc) is 1.55. The lowest BCUT2D eigenvalue weighted by molar-refractivity contribution is 1.07. The molecule has 0 bridgehead atoms. The molecule has 10 heteroatoms. The highest BCUT2D eigenvalue weighted by Gasteiger charge is 2.26. The number of rotatable bonds is 12. The fourth-order valence-corrected chi connectivity index (χ4v) is 19.2. The number of aromatic nitrogens is 10. The minimum atomic E-state index is 0.590. The molecule has 0 spiro atoms. The van der Waals surface area contributed by atoms with E-state index in [1.165, 1.54) is 70.2 Å². The third-order valence-electron chi connectivity index (χ3n) is 24.8. The van der Waals surface area contributed by atoms with Crippen LogP contribution in [0.5, 0.6) is 0 Å². The predicted octanol–water partition coefficient (Wildman–Crippen LogP) is 28.4. The van der Waals surface area contributed by atoms with Crippen molar-refractivity contribution in [2.75, 3.05) is 0 Å². The Kier molecular flexibility index (Phi) is 15.5. The van der Waals surface area contributed by atoms with Crippen molar-refractivity contribution in [2.24, 2.45) is 0 Å². The summed E-state index contributed by atoms with van der Waals surface area (Å²) in [5.74, 6) is 3.68. The highest BCUT2D eigenvalue weighted by molar-refractivity contribution is 6.26. The summed E-state index contributed by atoms with van der Waals surface area (Å²) in [6, 6.07) is 148. The molecule has 0 aliphatic rings. The third-order valence-corrected chi connectivity index (χ3v) is 24.8. The molecule has 122 heavy (non-hydrogen) atoms. The SMILES string of the molecule is c1ccc(-c2nc(-c3ccccc3)nc(-c3ccc4cc(-n5c6ccccc6c6cc7c8ccc9c(-c%10cccc(-c%11ccc(-c%12nc(-c%13ccccc%13)nc(-c%13ccc(-n%14c%15ccccc%15c%15cc%16c%17ccc%18ccccc%18c%17n(-c%17ccccc%17)c%16cc%15%14)c%14ccccc%13%14)n%12)cc%11)c%10)cccc9c8n(-c8ccccc8)c7cc65)ccc4c3)n2)cc1. The fraction of sp³-hybridized carbons (Fsp3) is 0. The van der Waals surface area contributed by atoms with E-state index < -0.39 is 0 Å². The van der Waals surface area contributed by atoms with Crippen LogP contribution in [0.4, 0.5) is 0 Å². The van der Waals surface area contributed by atoms with E-state index in [4.69, 9.17) is 29.9 Å². The molecule has 0 amide bonds. The predicted molar refractivity (Wildman–Crippen MR) is 504 cm³/mol. The second kappa shape index (κ2) is 27.5. The molecule has 25 rings (SSSR count). The van der Waals surface area contributed by atoms with E-state index in [-0.39, 0.29) is 0 Å². The number of hydrogen-bond donors (Lipinski definition) is 0. The standard InChI is InChI=1S/C112H68N10/c1-6-27-71(28-7-1)107-113-108(72-29-8-2-9-30-72)116-111(115-107)79-53-52-77-64-82(56-54-76(77)63-79)119-98-46-22-20-42-88(98)94-65-97-92-59-58-86-83(44-25-45-90(86)106(92)121(102(97)67-101(94)119)81-37-14-5-15-38-81)78-34-24-33-75(62-78)69-48-50-74(51-49-69)110-114-109(73-31-10-3-11-32-73)117-112(118-110)93-60-61-100(87-41-19-18-40-85(87)93)122-99-47-23-21-43-89(99)95-66-96-91-57-55-70-26-16-17-39-84(70)105(91)120(103(96)68-104(95)122)80-35-12-4-13-36-80/h1-68H. The van der Waals surface area contributed by atoms with Crippen LogP contribution in [0.15, 0.2) is 413 Å². The highest BCUT2D eigenvalue weighted by atomic mass is 15.1. The molecule has 0 aliphatic heterocycles. The van der Waals surface area contributed by atoms with E-state index in [1.807, 2.05) is 78.9 Å². The van der Waals surface area contributed by atoms with Crippen LogP contribution in [0.25, 0.3) is 244 Å². The number of benzene rings is 19. The minimum absolute atomic E-state index is 0.590. The zero-order valence-electron chi connectivity index (χ0n) is 65.7. The molecule has 19 aromatic carbocycles. The molecule has 10 nitrogen and oxygen atoms in total. The van der Waals surface area contributed by atoms with E-state index in [2.05, 4.69) is 352 Å². The van der Waals surface area contributed by atoms with Gasteiger partial charge in [-0.2, -0.15) is 0 Å². The molecular weight excluding hydrogens is 1490 g/mol. The van der Waals surface area contributed by atoms with Gasteiger partial charge in [0.1, 0.15) is 0 Å². The molecule has 0 radical (unpaired) electrons. The molecule has 0 aliphatic carbocycles. The van der Waals surface area contributed by atoms with Crippen molar-refractivity contribution in [3.05, 3.63) is 413 Å². The van der Waals surface area contributed by atoms with Crippen LogP contribution in [-0.2, 0) is 0 Å². The van der Waals surface area contributed by atoms with Gasteiger partial charge in [0.15, 0.2) is 34.9 Å². The smallest absolute Gasteiger partial charge is 0.164 e. The van der Waals surface area contributed by atoms with Crippen LogP contribution >= 0.6 is 0 Å². The first-order chi connectivity index (χ1) is 60.5. The Labute approximate surface area is 699 Å². The molecule has 0 unspecified atom stereocenters. The molecular formula is C112H68N10. The first kappa shape index (κ1) is 68.6. The monoisotopic (exact) mass is 1550 g/mol. The van der Waals surface area contributed by atoms with Gasteiger partial charge in [-0.05, 0) is 146 Å². The first-order valence-corrected chi connectivity index (χ1v) is 41.4. The van der Waals surface area contributed by atoms with E-state index in [9.17, 15) is 0 Å². The first-order valence-electron chi connectivity index (χ1n) is 41.4. The molecule has 25 aromatic rings. The lowest BCUT2D eigenvalue weighted by Crippen LogP contribution is -2.02. The molecule has 0 saturated carbocycles. The minimum Gasteiger partial charge on any atom is -0.309 e. The summed E-state index contributed by atoms with van der Waals surface area (Å²) < 4.78 is 9.85. The van der Waals surface area contributed by atoms with Crippen molar-refractivity contribution in [1.82, 2.24) is 48.2 Å².